The monoisotopic (exact) mass is 316 g/mol. The first kappa shape index (κ1) is 16.8. The third-order valence-electron chi connectivity index (χ3n) is 3.59. The van der Waals surface area contributed by atoms with E-state index in [1.807, 2.05) is 25.1 Å². The molecule has 0 saturated carbocycles. The van der Waals surface area contributed by atoms with Gasteiger partial charge in [-0.15, -0.1) is 0 Å². The van der Waals surface area contributed by atoms with Crippen LogP contribution in [0.2, 0.25) is 0 Å². The minimum atomic E-state index is -1.03. The summed E-state index contributed by atoms with van der Waals surface area (Å²) in [6, 6.07) is 10.1. The van der Waals surface area contributed by atoms with Crippen LogP contribution in [0.1, 0.15) is 27.7 Å². The number of carbonyl (C=O) groups is 2. The Morgan fingerprint density at radius 2 is 1.96 bits per heavy atom. The van der Waals surface area contributed by atoms with Crippen LogP contribution in [0, 0.1) is 0 Å². The van der Waals surface area contributed by atoms with E-state index in [1.54, 1.807) is 30.5 Å². The number of benzene rings is 1. The second-order valence-electron chi connectivity index (χ2n) is 5.44. The molecule has 0 aliphatic heterocycles. The maximum Gasteiger partial charge on any atom is 0.335 e. The van der Waals surface area contributed by atoms with Gasteiger partial charge in [0, 0.05) is 6.54 Å². The van der Waals surface area contributed by atoms with Gasteiger partial charge in [0.2, 0.25) is 5.91 Å². The maximum atomic E-state index is 12.1. The van der Waals surface area contributed by atoms with Crippen molar-refractivity contribution in [3.05, 3.63) is 59.5 Å². The summed E-state index contributed by atoms with van der Waals surface area (Å²) < 4.78 is 5.39. The lowest BCUT2D eigenvalue weighted by atomic mass is 10.0. The van der Waals surface area contributed by atoms with Gasteiger partial charge in [-0.05, 0) is 37.9 Å². The van der Waals surface area contributed by atoms with Crippen LogP contribution in [0.15, 0.2) is 47.1 Å². The minimum absolute atomic E-state index is 0.0285. The van der Waals surface area contributed by atoms with E-state index >= 15 is 0 Å². The minimum Gasteiger partial charge on any atom is -0.478 e. The Labute approximate surface area is 134 Å². The normalized spacial score (nSPS) is 12.1. The molecule has 2 N–H and O–H groups in total. The molecule has 0 aliphatic rings. The van der Waals surface area contributed by atoms with Gasteiger partial charge in [0.1, 0.15) is 5.76 Å². The van der Waals surface area contributed by atoms with Crippen molar-refractivity contribution in [2.24, 2.45) is 0 Å². The number of carboxylic acids is 1. The number of nitrogens with one attached hydrogen (secondary N) is 1. The molecule has 23 heavy (non-hydrogen) atoms. The van der Waals surface area contributed by atoms with E-state index in [-0.39, 0.29) is 23.9 Å². The number of hydrogen-bond donors (Lipinski definition) is 2. The lowest BCUT2D eigenvalue weighted by molar-refractivity contribution is -0.120. The molecular formula is C17H20N2O4. The Bertz CT molecular complexity index is 665. The molecule has 0 fully saturated rings. The SMILES string of the molecule is CN(C)[C@@H](CNC(=O)Cc1ccccc1C(=O)O)c1ccco1. The predicted molar refractivity (Wildman–Crippen MR) is 85.3 cm³/mol. The summed E-state index contributed by atoms with van der Waals surface area (Å²) in [6.45, 7) is 0.384. The number of rotatable bonds is 7. The van der Waals surface area contributed by atoms with Crippen LogP contribution in [0.3, 0.4) is 0 Å². The molecule has 122 valence electrons. The summed E-state index contributed by atoms with van der Waals surface area (Å²) in [7, 11) is 3.80. The molecule has 0 radical (unpaired) electrons. The van der Waals surface area contributed by atoms with Crippen molar-refractivity contribution in [2.45, 2.75) is 12.5 Å². The summed E-state index contributed by atoms with van der Waals surface area (Å²) in [5.41, 5.74) is 0.648. The van der Waals surface area contributed by atoms with Gasteiger partial charge in [0.25, 0.3) is 0 Å². The lowest BCUT2D eigenvalue weighted by Gasteiger charge is -2.22. The number of carboxylic acid groups (broad SMARTS) is 1. The summed E-state index contributed by atoms with van der Waals surface area (Å²) in [6.07, 6.45) is 1.62. The molecule has 0 unspecified atom stereocenters. The molecule has 0 aliphatic carbocycles. The molecule has 1 aromatic heterocycles. The molecule has 2 aromatic rings. The van der Waals surface area contributed by atoms with Gasteiger partial charge in [-0.2, -0.15) is 0 Å². The van der Waals surface area contributed by atoms with Crippen molar-refractivity contribution in [1.29, 1.82) is 0 Å². The van der Waals surface area contributed by atoms with E-state index < -0.39 is 5.97 Å². The van der Waals surface area contributed by atoms with E-state index in [1.165, 1.54) is 6.07 Å². The summed E-state index contributed by atoms with van der Waals surface area (Å²) >= 11 is 0. The smallest absolute Gasteiger partial charge is 0.335 e. The van der Waals surface area contributed by atoms with Crippen LogP contribution in [0.25, 0.3) is 0 Å². The lowest BCUT2D eigenvalue weighted by Crippen LogP contribution is -2.35. The molecule has 2 rings (SSSR count). The number of carbonyl (C=O) groups excluding carboxylic acids is 1. The van der Waals surface area contributed by atoms with Gasteiger partial charge >= 0.3 is 5.97 Å². The van der Waals surface area contributed by atoms with Gasteiger partial charge in [-0.1, -0.05) is 18.2 Å². The average Bonchev–Trinajstić information content (AvgIpc) is 3.01. The van der Waals surface area contributed by atoms with Crippen molar-refractivity contribution in [3.8, 4) is 0 Å². The molecule has 0 saturated heterocycles. The second-order valence-corrected chi connectivity index (χ2v) is 5.44. The van der Waals surface area contributed by atoms with Crippen LogP contribution in [-0.2, 0) is 11.2 Å². The van der Waals surface area contributed by atoms with Gasteiger partial charge in [0.05, 0.1) is 24.3 Å². The number of aromatic carboxylic acids is 1. The fourth-order valence-corrected chi connectivity index (χ4v) is 2.35. The highest BCUT2D eigenvalue weighted by molar-refractivity contribution is 5.91. The Morgan fingerprint density at radius 3 is 2.57 bits per heavy atom. The Kier molecular flexibility index (Phi) is 5.54. The first-order valence-corrected chi connectivity index (χ1v) is 7.26. The molecule has 1 atom stereocenters. The molecule has 6 heteroatoms. The van der Waals surface area contributed by atoms with Crippen LogP contribution in [0.4, 0.5) is 0 Å². The fraction of sp³-hybridized carbons (Fsp3) is 0.294. The van der Waals surface area contributed by atoms with Crippen LogP contribution >= 0.6 is 0 Å². The largest absolute Gasteiger partial charge is 0.478 e. The van der Waals surface area contributed by atoms with Gasteiger partial charge in [-0.3, -0.25) is 9.69 Å². The molecule has 1 amide bonds. The highest BCUT2D eigenvalue weighted by Gasteiger charge is 2.18. The number of nitrogens with zero attached hydrogens (tertiary/aromatic N) is 1. The molecule has 0 spiro atoms. The Hall–Kier alpha value is -2.60. The number of hydrogen-bond acceptors (Lipinski definition) is 4. The molecule has 0 bridgehead atoms. The van der Waals surface area contributed by atoms with Gasteiger partial charge < -0.3 is 14.8 Å². The zero-order valence-electron chi connectivity index (χ0n) is 13.2. The predicted octanol–water partition coefficient (Wildman–Crippen LogP) is 1.94. The number of amides is 1. The van der Waals surface area contributed by atoms with E-state index in [2.05, 4.69) is 5.32 Å². The second kappa shape index (κ2) is 7.60. The Morgan fingerprint density at radius 1 is 1.22 bits per heavy atom. The zero-order valence-corrected chi connectivity index (χ0v) is 13.2. The third-order valence-corrected chi connectivity index (χ3v) is 3.59. The quantitative estimate of drug-likeness (QED) is 0.815. The molecule has 1 heterocycles. The number of furan rings is 1. The first-order chi connectivity index (χ1) is 11.0. The Balaban J connectivity index is 1.99. The average molecular weight is 316 g/mol. The number of likely N-dealkylation sites (N-methyl/N-ethyl adjacent to an activating group) is 1. The van der Waals surface area contributed by atoms with Gasteiger partial charge in [0.15, 0.2) is 0 Å². The first-order valence-electron chi connectivity index (χ1n) is 7.26. The summed E-state index contributed by atoms with van der Waals surface area (Å²) in [5.74, 6) is -0.492. The van der Waals surface area contributed by atoms with E-state index in [0.29, 0.717) is 12.1 Å². The highest BCUT2D eigenvalue weighted by Crippen LogP contribution is 2.17. The van der Waals surface area contributed by atoms with Crippen LogP contribution in [-0.4, -0.2) is 42.5 Å². The highest BCUT2D eigenvalue weighted by atomic mass is 16.4. The van der Waals surface area contributed by atoms with Crippen LogP contribution in [0.5, 0.6) is 0 Å². The molecule has 6 nitrogen and oxygen atoms in total. The topological polar surface area (TPSA) is 82.8 Å². The van der Waals surface area contributed by atoms with Crippen molar-refractivity contribution in [2.75, 3.05) is 20.6 Å². The maximum absolute atomic E-state index is 12.1. The van der Waals surface area contributed by atoms with Gasteiger partial charge in [-0.25, -0.2) is 4.79 Å². The zero-order chi connectivity index (χ0) is 16.8. The van der Waals surface area contributed by atoms with E-state index in [0.717, 1.165) is 5.76 Å². The third kappa shape index (κ3) is 4.43. The van der Waals surface area contributed by atoms with Crippen molar-refractivity contribution >= 4 is 11.9 Å². The van der Waals surface area contributed by atoms with Crippen molar-refractivity contribution in [1.82, 2.24) is 10.2 Å². The van der Waals surface area contributed by atoms with E-state index in [4.69, 9.17) is 9.52 Å². The summed E-state index contributed by atoms with van der Waals surface area (Å²) in [5, 5.41) is 12.0. The van der Waals surface area contributed by atoms with Crippen LogP contribution < -0.4 is 5.32 Å². The summed E-state index contributed by atoms with van der Waals surface area (Å²) in [4.78, 5) is 25.2. The van der Waals surface area contributed by atoms with Crippen molar-refractivity contribution < 1.29 is 19.1 Å². The molecule has 1 aromatic carbocycles. The van der Waals surface area contributed by atoms with Crippen molar-refractivity contribution in [3.63, 3.8) is 0 Å². The van der Waals surface area contributed by atoms with E-state index in [9.17, 15) is 9.59 Å². The molecular weight excluding hydrogens is 296 g/mol. The standard InChI is InChI=1S/C17H20N2O4/c1-19(2)14(15-8-5-9-23-15)11-18-16(20)10-12-6-3-4-7-13(12)17(21)22/h3-9,14H,10-11H2,1-2H3,(H,18,20)(H,21,22)/t14-/m0/s1. The fourth-order valence-electron chi connectivity index (χ4n) is 2.35.